The van der Waals surface area contributed by atoms with E-state index in [2.05, 4.69) is 5.32 Å². The molecule has 2 atom stereocenters. The van der Waals surface area contributed by atoms with Crippen molar-refractivity contribution in [1.82, 2.24) is 5.32 Å². The lowest BCUT2D eigenvalue weighted by Crippen LogP contribution is -2.42. The van der Waals surface area contributed by atoms with Crippen LogP contribution >= 0.6 is 0 Å². The predicted molar refractivity (Wildman–Crippen MR) is 63.7 cm³/mol. The normalized spacial score (nSPS) is 26.0. The molecule has 2 aliphatic heterocycles. The fourth-order valence-corrected chi connectivity index (χ4v) is 2.60. The van der Waals surface area contributed by atoms with E-state index in [4.69, 9.17) is 14.6 Å². The van der Waals surface area contributed by atoms with Gasteiger partial charge in [0.15, 0.2) is 11.5 Å². The molecule has 1 aromatic carbocycles. The molecule has 0 spiro atoms. The first kappa shape index (κ1) is 11.3. The van der Waals surface area contributed by atoms with E-state index in [0.717, 1.165) is 29.9 Å². The summed E-state index contributed by atoms with van der Waals surface area (Å²) in [6.07, 6.45) is 2.50. The van der Waals surface area contributed by atoms with Gasteiger partial charge in [0.05, 0.1) is 0 Å². The number of ether oxygens (including phenoxy) is 2. The van der Waals surface area contributed by atoms with Gasteiger partial charge in [-0.25, -0.2) is 0 Å². The Hall–Kier alpha value is -1.75. The largest absolute Gasteiger partial charge is 0.480 e. The zero-order valence-corrected chi connectivity index (χ0v) is 9.89. The highest BCUT2D eigenvalue weighted by Gasteiger charge is 2.30. The van der Waals surface area contributed by atoms with Crippen LogP contribution in [0, 0.1) is 0 Å². The van der Waals surface area contributed by atoms with Gasteiger partial charge >= 0.3 is 5.97 Å². The number of carboxylic acids is 1. The minimum atomic E-state index is -0.788. The Morgan fingerprint density at radius 1 is 1.33 bits per heavy atom. The van der Waals surface area contributed by atoms with Gasteiger partial charge in [-0.1, -0.05) is 12.1 Å². The lowest BCUT2D eigenvalue weighted by molar-refractivity contribution is -0.140. The second kappa shape index (κ2) is 4.49. The molecule has 3 rings (SSSR count). The van der Waals surface area contributed by atoms with Gasteiger partial charge in [0, 0.05) is 11.6 Å². The zero-order valence-electron chi connectivity index (χ0n) is 9.89. The van der Waals surface area contributed by atoms with Crippen LogP contribution in [0.3, 0.4) is 0 Å². The molecule has 1 saturated heterocycles. The second-order valence-corrected chi connectivity index (χ2v) is 4.62. The third kappa shape index (κ3) is 1.90. The van der Waals surface area contributed by atoms with E-state index >= 15 is 0 Å². The van der Waals surface area contributed by atoms with Crippen LogP contribution < -0.4 is 14.8 Å². The standard InChI is InChI=1S/C13H15NO4/c15-13(16)10-5-2-4-9(14-10)8-3-1-6-11-12(8)18-7-17-11/h1,3,6,9-10,14H,2,4-5,7H2,(H,15,16). The van der Waals surface area contributed by atoms with Gasteiger partial charge in [-0.05, 0) is 25.3 Å². The molecule has 96 valence electrons. The summed E-state index contributed by atoms with van der Waals surface area (Å²) in [5, 5.41) is 12.2. The van der Waals surface area contributed by atoms with Crippen LogP contribution in [0.15, 0.2) is 18.2 Å². The van der Waals surface area contributed by atoms with Crippen molar-refractivity contribution in [2.75, 3.05) is 6.79 Å². The number of hydrogen-bond acceptors (Lipinski definition) is 4. The molecule has 1 aromatic rings. The molecule has 5 nitrogen and oxygen atoms in total. The van der Waals surface area contributed by atoms with E-state index < -0.39 is 12.0 Å². The SMILES string of the molecule is O=C(O)C1CCCC(c2cccc3c2OCO3)N1. The fourth-order valence-electron chi connectivity index (χ4n) is 2.60. The van der Waals surface area contributed by atoms with Gasteiger partial charge in [0.25, 0.3) is 0 Å². The maximum atomic E-state index is 11.0. The molecule has 18 heavy (non-hydrogen) atoms. The summed E-state index contributed by atoms with van der Waals surface area (Å²) in [5.41, 5.74) is 0.996. The van der Waals surface area contributed by atoms with Crippen molar-refractivity contribution in [2.24, 2.45) is 0 Å². The number of piperidine rings is 1. The van der Waals surface area contributed by atoms with Crippen molar-refractivity contribution in [3.63, 3.8) is 0 Å². The van der Waals surface area contributed by atoms with E-state index in [0.29, 0.717) is 6.42 Å². The number of carbonyl (C=O) groups is 1. The lowest BCUT2D eigenvalue weighted by Gasteiger charge is -2.29. The quantitative estimate of drug-likeness (QED) is 0.834. The van der Waals surface area contributed by atoms with Crippen molar-refractivity contribution in [3.05, 3.63) is 23.8 Å². The molecule has 0 aromatic heterocycles. The summed E-state index contributed by atoms with van der Waals surface area (Å²) >= 11 is 0. The Bertz CT molecular complexity index is 474. The number of carboxylic acid groups (broad SMARTS) is 1. The minimum absolute atomic E-state index is 0.0245. The van der Waals surface area contributed by atoms with Crippen molar-refractivity contribution in [1.29, 1.82) is 0 Å². The molecule has 0 bridgehead atoms. The van der Waals surface area contributed by atoms with Crippen LogP contribution in [0.25, 0.3) is 0 Å². The van der Waals surface area contributed by atoms with Crippen LogP contribution in [-0.2, 0) is 4.79 Å². The van der Waals surface area contributed by atoms with E-state index in [9.17, 15) is 4.79 Å². The lowest BCUT2D eigenvalue weighted by atomic mass is 9.93. The Labute approximate surface area is 105 Å². The van der Waals surface area contributed by atoms with Crippen molar-refractivity contribution >= 4 is 5.97 Å². The molecule has 0 amide bonds. The predicted octanol–water partition coefficient (Wildman–Crippen LogP) is 1.68. The van der Waals surface area contributed by atoms with E-state index in [1.54, 1.807) is 0 Å². The van der Waals surface area contributed by atoms with Crippen LogP contribution in [0.5, 0.6) is 11.5 Å². The van der Waals surface area contributed by atoms with Crippen LogP contribution in [0.4, 0.5) is 0 Å². The molecule has 2 heterocycles. The maximum Gasteiger partial charge on any atom is 0.320 e. The fraction of sp³-hybridized carbons (Fsp3) is 0.462. The summed E-state index contributed by atoms with van der Waals surface area (Å²) in [6.45, 7) is 0.238. The van der Waals surface area contributed by atoms with Crippen molar-refractivity contribution in [2.45, 2.75) is 31.3 Å². The first-order valence-corrected chi connectivity index (χ1v) is 6.13. The summed E-state index contributed by atoms with van der Waals surface area (Å²) in [7, 11) is 0. The number of fused-ring (bicyclic) bond motifs is 1. The van der Waals surface area contributed by atoms with Crippen LogP contribution in [0.1, 0.15) is 30.9 Å². The Morgan fingerprint density at radius 2 is 2.22 bits per heavy atom. The number of benzene rings is 1. The summed E-state index contributed by atoms with van der Waals surface area (Å²) < 4.78 is 10.8. The first-order chi connectivity index (χ1) is 8.75. The highest BCUT2D eigenvalue weighted by atomic mass is 16.7. The molecule has 0 radical (unpaired) electrons. The molecule has 1 fully saturated rings. The molecule has 0 saturated carbocycles. The first-order valence-electron chi connectivity index (χ1n) is 6.13. The number of nitrogens with one attached hydrogen (secondary N) is 1. The number of rotatable bonds is 2. The van der Waals surface area contributed by atoms with Gasteiger partial charge in [-0.3, -0.25) is 10.1 Å². The van der Waals surface area contributed by atoms with Crippen molar-refractivity contribution in [3.8, 4) is 11.5 Å². The van der Waals surface area contributed by atoms with Gasteiger partial charge in [-0.2, -0.15) is 0 Å². The maximum absolute atomic E-state index is 11.0. The Morgan fingerprint density at radius 3 is 3.06 bits per heavy atom. The zero-order chi connectivity index (χ0) is 12.5. The smallest absolute Gasteiger partial charge is 0.320 e. The van der Waals surface area contributed by atoms with E-state index in [-0.39, 0.29) is 12.8 Å². The molecule has 2 aliphatic rings. The number of para-hydroxylation sites is 1. The third-order valence-electron chi connectivity index (χ3n) is 3.49. The molecule has 0 aliphatic carbocycles. The molecule has 5 heteroatoms. The average molecular weight is 249 g/mol. The minimum Gasteiger partial charge on any atom is -0.480 e. The van der Waals surface area contributed by atoms with E-state index in [1.807, 2.05) is 18.2 Å². The molecule has 2 N–H and O–H groups in total. The van der Waals surface area contributed by atoms with Gasteiger partial charge in [-0.15, -0.1) is 0 Å². The number of hydrogen-bond donors (Lipinski definition) is 2. The number of aliphatic carboxylic acids is 1. The van der Waals surface area contributed by atoms with Gasteiger partial charge in [0.1, 0.15) is 6.04 Å². The van der Waals surface area contributed by atoms with Crippen molar-refractivity contribution < 1.29 is 19.4 Å². The molecular formula is C13H15NO4. The summed E-state index contributed by atoms with van der Waals surface area (Å²) in [6, 6.07) is 5.30. The Kier molecular flexibility index (Phi) is 2.83. The molecule has 2 unspecified atom stereocenters. The average Bonchev–Trinajstić information content (AvgIpc) is 2.87. The second-order valence-electron chi connectivity index (χ2n) is 4.62. The van der Waals surface area contributed by atoms with E-state index in [1.165, 1.54) is 0 Å². The van der Waals surface area contributed by atoms with Crippen LogP contribution in [0.2, 0.25) is 0 Å². The van der Waals surface area contributed by atoms with Crippen LogP contribution in [-0.4, -0.2) is 23.9 Å². The summed E-state index contributed by atoms with van der Waals surface area (Å²) in [5.74, 6) is 0.706. The highest BCUT2D eigenvalue weighted by Crippen LogP contribution is 2.40. The third-order valence-corrected chi connectivity index (χ3v) is 3.49. The topological polar surface area (TPSA) is 67.8 Å². The molecular weight excluding hydrogens is 234 g/mol. The van der Waals surface area contributed by atoms with Gasteiger partial charge < -0.3 is 14.6 Å². The summed E-state index contributed by atoms with van der Waals surface area (Å²) in [4.78, 5) is 11.0. The highest BCUT2D eigenvalue weighted by molar-refractivity contribution is 5.73. The Balaban J connectivity index is 1.86. The monoisotopic (exact) mass is 249 g/mol. The van der Waals surface area contributed by atoms with Gasteiger partial charge in [0.2, 0.25) is 6.79 Å².